The smallest absolute Gasteiger partial charge is 0.280 e. The second kappa shape index (κ2) is 11.4. The van der Waals surface area contributed by atoms with Gasteiger partial charge in [0.1, 0.15) is 0 Å². The van der Waals surface area contributed by atoms with E-state index in [9.17, 15) is 0 Å². The van der Waals surface area contributed by atoms with Gasteiger partial charge in [-0.05, 0) is 43.3 Å². The quantitative estimate of drug-likeness (QED) is 0.169. The summed E-state index contributed by atoms with van der Waals surface area (Å²) in [5.74, 6) is 0. The molecule has 0 unspecified atom stereocenters. The van der Waals surface area contributed by atoms with E-state index in [4.69, 9.17) is 15.6 Å². The monoisotopic (exact) mass is 564 g/mol. The van der Waals surface area contributed by atoms with E-state index < -0.39 is 16.6 Å². The van der Waals surface area contributed by atoms with Crippen LogP contribution in [0.15, 0.2) is 170 Å². The molecule has 3 nitrogen and oxygen atoms in total. The molecule has 0 bridgehead atoms. The van der Waals surface area contributed by atoms with E-state index in [1.54, 1.807) is 0 Å². The van der Waals surface area contributed by atoms with Crippen molar-refractivity contribution in [2.24, 2.45) is 0 Å². The molecule has 6 rings (SSSR count). The summed E-state index contributed by atoms with van der Waals surface area (Å²) < 4.78 is 8.22. The second-order valence-corrected chi connectivity index (χ2v) is 17.0. The summed E-state index contributed by atoms with van der Waals surface area (Å²) in [6, 6.07) is 58.8. The van der Waals surface area contributed by atoms with Gasteiger partial charge in [0, 0.05) is 11.4 Å². The summed E-state index contributed by atoms with van der Waals surface area (Å²) in [5.41, 5.74) is 15.2. The van der Waals surface area contributed by atoms with Gasteiger partial charge in [0.25, 0.3) is 16.6 Å². The second-order valence-electron chi connectivity index (χ2n) is 10.1. The zero-order chi connectivity index (χ0) is 28.1. The standard InChI is InChI=1S/C36H32N2OSi2/c37-33-25-13-15-27-35(33)40(29-17-5-1-6-18-29,30-19-7-2-8-20-30)39-41(31-21-9-3-10-22-31,32-23-11-4-12-24-32)36-28-16-14-26-34(36)38/h1-28H,37-38H2. The molecular weight excluding hydrogens is 533 g/mol. The zero-order valence-electron chi connectivity index (χ0n) is 22.7. The number of nitrogen functional groups attached to an aromatic ring is 2. The summed E-state index contributed by atoms with van der Waals surface area (Å²) in [4.78, 5) is 0. The van der Waals surface area contributed by atoms with Crippen LogP contribution in [0.4, 0.5) is 11.4 Å². The van der Waals surface area contributed by atoms with Crippen molar-refractivity contribution in [2.45, 2.75) is 0 Å². The maximum Gasteiger partial charge on any atom is 0.280 e. The maximum atomic E-state index is 8.22. The molecule has 6 aromatic rings. The highest BCUT2D eigenvalue weighted by Gasteiger charge is 2.54. The lowest BCUT2D eigenvalue weighted by Crippen LogP contribution is -2.81. The highest BCUT2D eigenvalue weighted by molar-refractivity contribution is 7.18. The van der Waals surface area contributed by atoms with Crippen LogP contribution in [0.3, 0.4) is 0 Å². The molecule has 0 aliphatic carbocycles. The minimum atomic E-state index is -3.29. The van der Waals surface area contributed by atoms with Gasteiger partial charge in [0.05, 0.1) is 0 Å². The van der Waals surface area contributed by atoms with Crippen molar-refractivity contribution in [3.8, 4) is 0 Å². The van der Waals surface area contributed by atoms with Crippen molar-refractivity contribution >= 4 is 59.1 Å². The van der Waals surface area contributed by atoms with Crippen molar-refractivity contribution < 1.29 is 4.12 Å². The number of anilines is 2. The third-order valence-electron chi connectivity index (χ3n) is 7.71. The molecule has 0 aromatic heterocycles. The molecule has 0 saturated heterocycles. The minimum Gasteiger partial charge on any atom is -0.435 e. The first kappa shape index (κ1) is 26.5. The molecule has 0 atom stereocenters. The highest BCUT2D eigenvalue weighted by atomic mass is 28.4. The van der Waals surface area contributed by atoms with Crippen LogP contribution in [-0.4, -0.2) is 16.6 Å². The Morgan fingerprint density at radius 1 is 0.317 bits per heavy atom. The van der Waals surface area contributed by atoms with Crippen LogP contribution < -0.4 is 42.6 Å². The Hall–Kier alpha value is -4.69. The predicted octanol–water partition coefficient (Wildman–Crippen LogP) is 3.50. The molecule has 41 heavy (non-hydrogen) atoms. The summed E-state index contributed by atoms with van der Waals surface area (Å²) in [6.45, 7) is 0. The van der Waals surface area contributed by atoms with Crippen LogP contribution in [0.25, 0.3) is 0 Å². The molecule has 6 aromatic carbocycles. The average molecular weight is 565 g/mol. The van der Waals surface area contributed by atoms with Crippen LogP contribution >= 0.6 is 0 Å². The molecule has 0 spiro atoms. The molecule has 0 saturated carbocycles. The van der Waals surface area contributed by atoms with Gasteiger partial charge in [-0.25, -0.2) is 0 Å². The molecule has 0 radical (unpaired) electrons. The summed E-state index contributed by atoms with van der Waals surface area (Å²) >= 11 is 0. The van der Waals surface area contributed by atoms with Gasteiger partial charge >= 0.3 is 0 Å². The number of benzene rings is 6. The summed E-state index contributed by atoms with van der Waals surface area (Å²) in [7, 11) is -6.59. The fourth-order valence-corrected chi connectivity index (χ4v) is 16.7. The van der Waals surface area contributed by atoms with Crippen LogP contribution in [0.1, 0.15) is 0 Å². The number of para-hydroxylation sites is 2. The van der Waals surface area contributed by atoms with Crippen LogP contribution in [0.5, 0.6) is 0 Å². The number of nitrogens with two attached hydrogens (primary N) is 2. The Balaban J connectivity index is 1.80. The summed E-state index contributed by atoms with van der Waals surface area (Å²) in [5, 5.41) is 6.56. The zero-order valence-corrected chi connectivity index (χ0v) is 24.7. The molecule has 5 heteroatoms. The Morgan fingerprint density at radius 3 is 0.829 bits per heavy atom. The lowest BCUT2D eigenvalue weighted by Gasteiger charge is -2.44. The summed E-state index contributed by atoms with van der Waals surface area (Å²) in [6.07, 6.45) is 0. The third kappa shape index (κ3) is 4.70. The van der Waals surface area contributed by atoms with Gasteiger partial charge in [-0.3, -0.25) is 0 Å². The van der Waals surface area contributed by atoms with Gasteiger partial charge in [0.15, 0.2) is 0 Å². The molecule has 0 aliphatic heterocycles. The number of rotatable bonds is 8. The fourth-order valence-electron chi connectivity index (χ4n) is 5.86. The first-order valence-electron chi connectivity index (χ1n) is 13.8. The average Bonchev–Trinajstić information content (AvgIpc) is 3.05. The Kier molecular flexibility index (Phi) is 7.40. The molecule has 0 fully saturated rings. The first-order chi connectivity index (χ1) is 20.2. The lowest BCUT2D eigenvalue weighted by molar-refractivity contribution is 0.600. The normalized spacial score (nSPS) is 11.7. The van der Waals surface area contributed by atoms with Crippen LogP contribution in [-0.2, 0) is 4.12 Å². The van der Waals surface area contributed by atoms with Crippen molar-refractivity contribution in [3.63, 3.8) is 0 Å². The molecule has 4 N–H and O–H groups in total. The van der Waals surface area contributed by atoms with E-state index >= 15 is 0 Å². The van der Waals surface area contributed by atoms with Gasteiger partial charge < -0.3 is 15.6 Å². The topological polar surface area (TPSA) is 61.3 Å². The molecule has 200 valence electrons. The van der Waals surface area contributed by atoms with E-state index in [2.05, 4.69) is 146 Å². The third-order valence-corrected chi connectivity index (χ3v) is 17.2. The largest absolute Gasteiger partial charge is 0.435 e. The van der Waals surface area contributed by atoms with Gasteiger partial charge in [0.2, 0.25) is 0 Å². The van der Waals surface area contributed by atoms with Crippen molar-refractivity contribution in [1.82, 2.24) is 0 Å². The SMILES string of the molecule is Nc1ccccc1[Si](O[Si](c1ccccc1)(c1ccccc1)c1ccccc1N)(c1ccccc1)c1ccccc1. The van der Waals surface area contributed by atoms with Crippen LogP contribution in [0.2, 0.25) is 0 Å². The van der Waals surface area contributed by atoms with Gasteiger partial charge in [-0.15, -0.1) is 0 Å². The van der Waals surface area contributed by atoms with E-state index in [1.165, 1.54) is 0 Å². The van der Waals surface area contributed by atoms with Crippen molar-refractivity contribution in [1.29, 1.82) is 0 Å². The number of hydrogen-bond acceptors (Lipinski definition) is 3. The lowest BCUT2D eigenvalue weighted by atomic mass is 10.3. The van der Waals surface area contributed by atoms with E-state index in [0.717, 1.165) is 42.5 Å². The molecular formula is C36H32N2OSi2. The Morgan fingerprint density at radius 2 is 0.561 bits per heavy atom. The van der Waals surface area contributed by atoms with Gasteiger partial charge in [-0.1, -0.05) is 158 Å². The number of hydrogen-bond donors (Lipinski definition) is 2. The minimum absolute atomic E-state index is 0.719. The fraction of sp³-hybridized carbons (Fsp3) is 0. The van der Waals surface area contributed by atoms with E-state index in [0.29, 0.717) is 0 Å². The van der Waals surface area contributed by atoms with E-state index in [-0.39, 0.29) is 0 Å². The first-order valence-corrected chi connectivity index (χ1v) is 17.6. The van der Waals surface area contributed by atoms with Crippen LogP contribution in [0, 0.1) is 0 Å². The predicted molar refractivity (Wildman–Crippen MR) is 178 cm³/mol. The maximum absolute atomic E-state index is 8.22. The molecule has 0 amide bonds. The Labute approximate surface area is 244 Å². The molecule has 0 heterocycles. The highest BCUT2D eigenvalue weighted by Crippen LogP contribution is 2.22. The van der Waals surface area contributed by atoms with E-state index in [1.807, 2.05) is 24.3 Å². The molecule has 0 aliphatic rings. The van der Waals surface area contributed by atoms with Crippen molar-refractivity contribution in [3.05, 3.63) is 170 Å². The Bertz CT molecular complexity index is 1520. The van der Waals surface area contributed by atoms with Gasteiger partial charge in [-0.2, -0.15) is 0 Å². The van der Waals surface area contributed by atoms with Crippen molar-refractivity contribution in [2.75, 3.05) is 11.5 Å².